The first-order valence-electron chi connectivity index (χ1n) is 9.77. The van der Waals surface area contributed by atoms with Crippen LogP contribution in [-0.4, -0.2) is 36.6 Å². The Morgan fingerprint density at radius 3 is 2.61 bits per heavy atom. The Morgan fingerprint density at radius 2 is 1.88 bits per heavy atom. The van der Waals surface area contributed by atoms with Crippen LogP contribution < -0.4 is 10.1 Å². The van der Waals surface area contributed by atoms with E-state index in [2.05, 4.69) is 10.3 Å². The summed E-state index contributed by atoms with van der Waals surface area (Å²) < 4.78 is 57.4. The molecule has 0 radical (unpaired) electrons. The van der Waals surface area contributed by atoms with E-state index in [0.717, 1.165) is 17.3 Å². The molecule has 0 unspecified atom stereocenters. The number of benzene rings is 2. The van der Waals surface area contributed by atoms with Gasteiger partial charge in [0.15, 0.2) is 0 Å². The van der Waals surface area contributed by atoms with E-state index in [4.69, 9.17) is 4.74 Å². The predicted molar refractivity (Wildman–Crippen MR) is 120 cm³/mol. The molecule has 0 saturated carbocycles. The molecule has 4 rings (SSSR count). The van der Waals surface area contributed by atoms with Crippen molar-refractivity contribution in [1.82, 2.24) is 9.38 Å². The lowest BCUT2D eigenvalue weighted by atomic mass is 10.1. The van der Waals surface area contributed by atoms with Crippen molar-refractivity contribution >= 4 is 27.1 Å². The topological polar surface area (TPSA) is 89.8 Å². The zero-order chi connectivity index (χ0) is 23.8. The minimum atomic E-state index is -4.97. The van der Waals surface area contributed by atoms with E-state index in [1.807, 2.05) is 35.9 Å². The maximum absolute atomic E-state index is 13.1. The highest BCUT2D eigenvalue weighted by molar-refractivity contribution is 7.91. The van der Waals surface area contributed by atoms with Gasteiger partial charge < -0.3 is 14.5 Å². The first-order valence-corrected chi connectivity index (χ1v) is 11.3. The second-order valence-corrected chi connectivity index (χ2v) is 9.15. The van der Waals surface area contributed by atoms with Crippen LogP contribution in [0.2, 0.25) is 0 Å². The highest BCUT2D eigenvalue weighted by Gasteiger charge is 2.31. The van der Waals surface area contributed by atoms with Crippen LogP contribution in [0.3, 0.4) is 0 Å². The zero-order valence-electron chi connectivity index (χ0n) is 17.6. The number of fused-ring (bicyclic) bond motifs is 1. The third-order valence-corrected chi connectivity index (χ3v) is 6.47. The number of halogens is 2. The lowest BCUT2D eigenvalue weighted by Gasteiger charge is -2.13. The Hall–Kier alpha value is -3.79. The number of carbonyl (C=O) groups excluding carboxylic acids is 1. The fourth-order valence-electron chi connectivity index (χ4n) is 3.38. The molecule has 33 heavy (non-hydrogen) atoms. The number of aryl methyl sites for hydroxylation is 1. The number of sulfone groups is 1. The van der Waals surface area contributed by atoms with Crippen LogP contribution in [-0.2, 0) is 9.84 Å². The van der Waals surface area contributed by atoms with Gasteiger partial charge in [0.2, 0.25) is 9.84 Å². The molecule has 0 spiro atoms. The van der Waals surface area contributed by atoms with E-state index in [1.165, 1.54) is 25.3 Å². The number of amides is 1. The molecule has 170 valence electrons. The van der Waals surface area contributed by atoms with Crippen molar-refractivity contribution in [1.29, 1.82) is 0 Å². The number of hydrogen-bond donors (Lipinski definition) is 1. The van der Waals surface area contributed by atoms with Crippen LogP contribution in [0.5, 0.6) is 5.75 Å². The van der Waals surface area contributed by atoms with Gasteiger partial charge >= 0.3 is 5.76 Å². The number of carbonyl (C=O) groups is 1. The minimum Gasteiger partial charge on any atom is -0.495 e. The van der Waals surface area contributed by atoms with Gasteiger partial charge in [0.1, 0.15) is 11.4 Å². The Balaban J connectivity index is 1.72. The van der Waals surface area contributed by atoms with Gasteiger partial charge in [-0.25, -0.2) is 13.4 Å². The summed E-state index contributed by atoms with van der Waals surface area (Å²) in [5.74, 6) is -4.21. The molecule has 4 aromatic rings. The number of ether oxygens (including phenoxy) is 1. The highest BCUT2D eigenvalue weighted by atomic mass is 32.2. The van der Waals surface area contributed by atoms with Crippen LogP contribution in [0.4, 0.5) is 14.5 Å². The van der Waals surface area contributed by atoms with Gasteiger partial charge in [0.05, 0.1) is 29.0 Å². The summed E-state index contributed by atoms with van der Waals surface area (Å²) >= 11 is 0. The average Bonchev–Trinajstić information content (AvgIpc) is 3.22. The quantitative estimate of drug-likeness (QED) is 0.445. The second-order valence-electron chi connectivity index (χ2n) is 7.27. The molecule has 7 nitrogen and oxygen atoms in total. The number of nitrogens with zero attached hydrogens (tertiary/aromatic N) is 2. The molecular weight excluding hydrogens is 452 g/mol. The Bertz CT molecular complexity index is 1470. The van der Waals surface area contributed by atoms with Crippen LogP contribution in [0.15, 0.2) is 71.9 Å². The first-order chi connectivity index (χ1) is 15.7. The fourth-order valence-corrected chi connectivity index (χ4v) is 4.30. The Kier molecular flexibility index (Phi) is 5.86. The SMILES string of the molecule is COc1ccc(-c2cn3ccc(C)cc3n2)cc1NC(=O)c1ccccc1S(=O)(=O)C(F)F. The molecule has 0 saturated heterocycles. The molecule has 0 aliphatic rings. The number of alkyl halides is 2. The van der Waals surface area contributed by atoms with Gasteiger partial charge in [-0.2, -0.15) is 8.78 Å². The van der Waals surface area contributed by atoms with Gasteiger partial charge in [-0.05, 0) is 55.0 Å². The molecule has 2 heterocycles. The molecule has 0 aliphatic heterocycles. The van der Waals surface area contributed by atoms with Gasteiger partial charge in [-0.15, -0.1) is 0 Å². The van der Waals surface area contributed by atoms with Gasteiger partial charge in [-0.1, -0.05) is 12.1 Å². The lowest BCUT2D eigenvalue weighted by Crippen LogP contribution is -2.20. The van der Waals surface area contributed by atoms with E-state index in [9.17, 15) is 22.0 Å². The summed E-state index contributed by atoms with van der Waals surface area (Å²) in [5, 5.41) is 2.57. The van der Waals surface area contributed by atoms with Crippen molar-refractivity contribution in [3.05, 3.63) is 78.1 Å². The van der Waals surface area contributed by atoms with Crippen LogP contribution in [0.1, 0.15) is 15.9 Å². The second kappa shape index (κ2) is 8.62. The number of anilines is 1. The zero-order valence-corrected chi connectivity index (χ0v) is 18.4. The van der Waals surface area contributed by atoms with E-state index in [0.29, 0.717) is 17.0 Å². The number of hydrogen-bond acceptors (Lipinski definition) is 5. The van der Waals surface area contributed by atoms with Crippen molar-refractivity contribution in [2.75, 3.05) is 12.4 Å². The maximum Gasteiger partial charge on any atom is 0.341 e. The molecular formula is C23H19F2N3O4S. The van der Waals surface area contributed by atoms with Crippen molar-refractivity contribution in [3.63, 3.8) is 0 Å². The third-order valence-electron chi connectivity index (χ3n) is 5.03. The number of imidazole rings is 1. The fraction of sp³-hybridized carbons (Fsp3) is 0.130. The number of nitrogens with one attached hydrogen (secondary N) is 1. The molecule has 1 amide bonds. The average molecular weight is 471 g/mol. The molecule has 0 fully saturated rings. The molecule has 10 heteroatoms. The van der Waals surface area contributed by atoms with Gasteiger partial charge in [0, 0.05) is 18.0 Å². The van der Waals surface area contributed by atoms with Crippen molar-refractivity contribution in [2.24, 2.45) is 0 Å². The largest absolute Gasteiger partial charge is 0.495 e. The highest BCUT2D eigenvalue weighted by Crippen LogP contribution is 2.32. The Labute approximate surface area is 188 Å². The van der Waals surface area contributed by atoms with Crippen molar-refractivity contribution < 1.29 is 26.7 Å². The molecule has 1 N–H and O–H groups in total. The summed E-state index contributed by atoms with van der Waals surface area (Å²) in [4.78, 5) is 16.7. The standard InChI is InChI=1S/C23H19F2N3O4S/c1-14-9-10-28-13-18(26-21(28)11-14)15-7-8-19(32-2)17(12-15)27-22(29)16-5-3-4-6-20(16)33(30,31)23(24)25/h3-13,23H,1-2H3,(H,27,29). The smallest absolute Gasteiger partial charge is 0.341 e. The van der Waals surface area contributed by atoms with E-state index >= 15 is 0 Å². The van der Waals surface area contributed by atoms with Crippen molar-refractivity contribution in [3.8, 4) is 17.0 Å². The van der Waals surface area contributed by atoms with E-state index in [-0.39, 0.29) is 5.69 Å². The normalized spacial score (nSPS) is 11.7. The number of aromatic nitrogens is 2. The molecule has 0 bridgehead atoms. The maximum atomic E-state index is 13.1. The van der Waals surface area contributed by atoms with Gasteiger partial charge in [0.25, 0.3) is 5.91 Å². The third kappa shape index (κ3) is 4.29. The molecule has 0 atom stereocenters. The number of rotatable bonds is 6. The van der Waals surface area contributed by atoms with Crippen LogP contribution in [0.25, 0.3) is 16.9 Å². The molecule has 0 aliphatic carbocycles. The lowest BCUT2D eigenvalue weighted by molar-refractivity contribution is 0.102. The van der Waals surface area contributed by atoms with E-state index < -0.39 is 32.0 Å². The van der Waals surface area contributed by atoms with E-state index in [1.54, 1.807) is 18.2 Å². The first kappa shape index (κ1) is 22.4. The van der Waals surface area contributed by atoms with Gasteiger partial charge in [-0.3, -0.25) is 4.79 Å². The predicted octanol–water partition coefficient (Wildman–Crippen LogP) is 4.57. The summed E-state index contributed by atoms with van der Waals surface area (Å²) in [7, 11) is -3.56. The minimum absolute atomic E-state index is 0.234. The summed E-state index contributed by atoms with van der Waals surface area (Å²) in [6.45, 7) is 1.96. The summed E-state index contributed by atoms with van der Waals surface area (Å²) in [6.07, 6.45) is 3.71. The van der Waals surface area contributed by atoms with Crippen LogP contribution >= 0.6 is 0 Å². The molecule has 2 aromatic carbocycles. The summed E-state index contributed by atoms with van der Waals surface area (Å²) in [5.41, 5.74) is 2.95. The van der Waals surface area contributed by atoms with Crippen LogP contribution in [0, 0.1) is 6.92 Å². The molecule has 2 aromatic heterocycles. The number of methoxy groups -OCH3 is 1. The number of pyridine rings is 1. The Morgan fingerprint density at radius 1 is 1.12 bits per heavy atom. The summed E-state index contributed by atoms with van der Waals surface area (Å²) in [6, 6.07) is 13.7. The van der Waals surface area contributed by atoms with Crippen molar-refractivity contribution in [2.45, 2.75) is 17.6 Å². The monoisotopic (exact) mass is 471 g/mol.